The predicted octanol–water partition coefficient (Wildman–Crippen LogP) is 6.00. The number of para-hydroxylation sites is 1. The van der Waals surface area contributed by atoms with E-state index in [-0.39, 0.29) is 12.0 Å². The first kappa shape index (κ1) is 25.0. The molecule has 4 rings (SSSR count). The Morgan fingerprint density at radius 1 is 1.03 bits per heavy atom. The summed E-state index contributed by atoms with van der Waals surface area (Å²) in [5.74, 6) is 0.908. The molecule has 0 saturated carbocycles. The van der Waals surface area contributed by atoms with E-state index in [4.69, 9.17) is 16.3 Å². The Bertz CT molecular complexity index is 1400. The monoisotopic (exact) mass is 512 g/mol. The first-order valence-corrected chi connectivity index (χ1v) is 11.1. The van der Waals surface area contributed by atoms with Crippen LogP contribution in [0.3, 0.4) is 0 Å². The summed E-state index contributed by atoms with van der Waals surface area (Å²) in [5.41, 5.74) is 1.20. The Labute approximate surface area is 209 Å². The van der Waals surface area contributed by atoms with Crippen LogP contribution in [-0.2, 0) is 17.5 Å². The van der Waals surface area contributed by atoms with E-state index in [2.05, 4.69) is 10.2 Å². The Morgan fingerprint density at radius 3 is 2.31 bits per heavy atom. The summed E-state index contributed by atoms with van der Waals surface area (Å²) in [6.07, 6.45) is -2.49. The number of nitrogens with zero attached hydrogens (tertiary/aromatic N) is 4. The summed E-state index contributed by atoms with van der Waals surface area (Å²) in [7, 11) is 1.64. The van der Waals surface area contributed by atoms with Crippen LogP contribution in [0.2, 0.25) is 5.02 Å². The molecule has 0 N–H and O–H groups in total. The van der Waals surface area contributed by atoms with Crippen molar-refractivity contribution in [2.75, 3.05) is 7.05 Å². The van der Waals surface area contributed by atoms with Gasteiger partial charge in [-0.2, -0.15) is 28.1 Å². The average Bonchev–Trinajstić information content (AvgIpc) is 2.85. The molecule has 4 aromatic rings. The molecule has 0 spiro atoms. The molecule has 0 fully saturated rings. The summed E-state index contributed by atoms with van der Waals surface area (Å²) in [6.45, 7) is 0.181. The van der Waals surface area contributed by atoms with Gasteiger partial charge in [0.1, 0.15) is 5.75 Å². The molecule has 10 heteroatoms. The molecule has 0 radical (unpaired) electrons. The molecule has 1 aromatic heterocycles. The largest absolute Gasteiger partial charge is 0.455 e. The average molecular weight is 513 g/mol. The van der Waals surface area contributed by atoms with Crippen LogP contribution >= 0.6 is 11.6 Å². The fraction of sp³-hybridized carbons (Fsp3) is 0.115. The SMILES string of the molecule is CN(Cc1ccc(C(F)(F)F)cc1)/N=c1/c(-c2ccc(Cl)cc2)c(Oc2ccccc2)cnn1C=O. The maximum atomic E-state index is 12.9. The molecular formula is C26H20ClF3N4O2. The van der Waals surface area contributed by atoms with Crippen LogP contribution in [0, 0.1) is 0 Å². The Balaban J connectivity index is 1.79. The van der Waals surface area contributed by atoms with Crippen molar-refractivity contribution in [2.24, 2.45) is 5.10 Å². The van der Waals surface area contributed by atoms with Gasteiger partial charge in [-0.05, 0) is 47.5 Å². The summed E-state index contributed by atoms with van der Waals surface area (Å²) in [6, 6.07) is 20.8. The minimum atomic E-state index is -4.41. The Morgan fingerprint density at radius 2 is 1.69 bits per heavy atom. The number of rotatable bonds is 7. The van der Waals surface area contributed by atoms with E-state index in [0.717, 1.165) is 16.8 Å². The molecule has 0 aliphatic heterocycles. The molecule has 6 nitrogen and oxygen atoms in total. The van der Waals surface area contributed by atoms with Crippen molar-refractivity contribution in [3.63, 3.8) is 0 Å². The molecular weight excluding hydrogens is 493 g/mol. The highest BCUT2D eigenvalue weighted by Crippen LogP contribution is 2.31. The molecule has 0 amide bonds. The van der Waals surface area contributed by atoms with E-state index in [0.29, 0.717) is 39.6 Å². The molecule has 0 unspecified atom stereocenters. The van der Waals surface area contributed by atoms with Crippen molar-refractivity contribution >= 4 is 18.0 Å². The van der Waals surface area contributed by atoms with Crippen LogP contribution in [0.15, 0.2) is 90.2 Å². The standard InChI is InChI=1S/C26H20ClF3N4O2/c1-33(16-18-7-11-20(12-8-18)26(28,29)30)32-25-24(19-9-13-21(27)14-10-19)23(15-31-34(25)17-35)36-22-5-3-2-4-6-22/h2-15,17H,16H2,1H3/b32-25-. The van der Waals surface area contributed by atoms with Crippen molar-refractivity contribution < 1.29 is 22.7 Å². The van der Waals surface area contributed by atoms with Gasteiger partial charge in [-0.15, -0.1) is 0 Å². The van der Waals surface area contributed by atoms with Crippen molar-refractivity contribution in [2.45, 2.75) is 12.7 Å². The van der Waals surface area contributed by atoms with E-state index < -0.39 is 11.7 Å². The molecule has 0 aliphatic carbocycles. The number of alkyl halides is 3. The quantitative estimate of drug-likeness (QED) is 0.225. The van der Waals surface area contributed by atoms with Gasteiger partial charge in [0.25, 0.3) is 0 Å². The van der Waals surface area contributed by atoms with Crippen LogP contribution in [0.5, 0.6) is 11.5 Å². The van der Waals surface area contributed by atoms with E-state index in [1.54, 1.807) is 43.4 Å². The molecule has 0 atom stereocenters. The fourth-order valence-electron chi connectivity index (χ4n) is 3.47. The maximum absolute atomic E-state index is 12.9. The van der Waals surface area contributed by atoms with Crippen molar-refractivity contribution in [1.29, 1.82) is 0 Å². The zero-order valence-corrected chi connectivity index (χ0v) is 19.7. The van der Waals surface area contributed by atoms with E-state index in [1.807, 2.05) is 18.2 Å². The topological polar surface area (TPSA) is 59.7 Å². The molecule has 1 heterocycles. The first-order chi connectivity index (χ1) is 17.2. The second-order valence-corrected chi connectivity index (χ2v) is 8.23. The summed E-state index contributed by atoms with van der Waals surface area (Å²) in [5, 5.41) is 10.7. The van der Waals surface area contributed by atoms with Gasteiger partial charge in [-0.3, -0.25) is 9.80 Å². The van der Waals surface area contributed by atoms with Crippen molar-refractivity contribution in [3.8, 4) is 22.6 Å². The normalized spacial score (nSPS) is 11.9. The highest BCUT2D eigenvalue weighted by atomic mass is 35.5. The lowest BCUT2D eigenvalue weighted by atomic mass is 10.1. The number of aromatic nitrogens is 2. The Kier molecular flexibility index (Phi) is 7.40. The van der Waals surface area contributed by atoms with Crippen LogP contribution in [0.4, 0.5) is 13.2 Å². The van der Waals surface area contributed by atoms with Gasteiger partial charge < -0.3 is 4.74 Å². The van der Waals surface area contributed by atoms with Crippen LogP contribution in [0.1, 0.15) is 11.1 Å². The minimum Gasteiger partial charge on any atom is -0.455 e. The van der Waals surface area contributed by atoms with Gasteiger partial charge in [0, 0.05) is 12.1 Å². The third-order valence-electron chi connectivity index (χ3n) is 5.15. The lowest BCUT2D eigenvalue weighted by Gasteiger charge is -2.17. The van der Waals surface area contributed by atoms with E-state index in [9.17, 15) is 18.0 Å². The van der Waals surface area contributed by atoms with Gasteiger partial charge in [-0.1, -0.05) is 54.1 Å². The van der Waals surface area contributed by atoms with Crippen molar-refractivity contribution in [3.05, 3.63) is 107 Å². The van der Waals surface area contributed by atoms with Crippen LogP contribution in [0.25, 0.3) is 11.1 Å². The molecule has 0 saturated heterocycles. The maximum Gasteiger partial charge on any atom is 0.416 e. The van der Waals surface area contributed by atoms with Gasteiger partial charge in [0.05, 0.1) is 23.9 Å². The third kappa shape index (κ3) is 5.92. The molecule has 184 valence electrons. The number of carbonyl (C=O) groups is 1. The number of halogens is 4. The van der Waals surface area contributed by atoms with E-state index in [1.165, 1.54) is 23.3 Å². The third-order valence-corrected chi connectivity index (χ3v) is 5.40. The lowest BCUT2D eigenvalue weighted by Crippen LogP contribution is -2.29. The second-order valence-electron chi connectivity index (χ2n) is 7.79. The van der Waals surface area contributed by atoms with Crippen molar-refractivity contribution in [1.82, 2.24) is 14.8 Å². The van der Waals surface area contributed by atoms with Gasteiger partial charge in [-0.25, -0.2) is 0 Å². The highest BCUT2D eigenvalue weighted by Gasteiger charge is 2.29. The zero-order valence-electron chi connectivity index (χ0n) is 19.0. The predicted molar refractivity (Wildman–Crippen MR) is 130 cm³/mol. The van der Waals surface area contributed by atoms with Crippen LogP contribution in [-0.4, -0.2) is 28.2 Å². The number of hydrogen-bond donors (Lipinski definition) is 0. The summed E-state index contributed by atoms with van der Waals surface area (Å²) < 4.78 is 45.8. The van der Waals surface area contributed by atoms with Gasteiger partial charge >= 0.3 is 6.18 Å². The number of ether oxygens (including phenoxy) is 1. The van der Waals surface area contributed by atoms with Gasteiger partial charge in [0.15, 0.2) is 11.2 Å². The summed E-state index contributed by atoms with van der Waals surface area (Å²) in [4.78, 5) is 11.9. The Hall–Kier alpha value is -4.11. The minimum absolute atomic E-state index is 0.176. The number of hydrogen-bond acceptors (Lipinski definition) is 5. The summed E-state index contributed by atoms with van der Waals surface area (Å²) >= 11 is 6.07. The highest BCUT2D eigenvalue weighted by molar-refractivity contribution is 6.30. The molecule has 36 heavy (non-hydrogen) atoms. The zero-order chi connectivity index (χ0) is 25.7. The first-order valence-electron chi connectivity index (χ1n) is 10.7. The smallest absolute Gasteiger partial charge is 0.416 e. The molecule has 0 bridgehead atoms. The molecule has 3 aromatic carbocycles. The number of carbonyl (C=O) groups excluding carboxylic acids is 1. The van der Waals surface area contributed by atoms with E-state index >= 15 is 0 Å². The van der Waals surface area contributed by atoms with Gasteiger partial charge in [0.2, 0.25) is 6.41 Å². The lowest BCUT2D eigenvalue weighted by molar-refractivity contribution is -0.137. The second kappa shape index (κ2) is 10.7. The number of benzene rings is 3. The van der Waals surface area contributed by atoms with Crippen LogP contribution < -0.4 is 10.2 Å². The fourth-order valence-corrected chi connectivity index (χ4v) is 3.60. The molecule has 0 aliphatic rings.